The van der Waals surface area contributed by atoms with Crippen molar-refractivity contribution in [2.45, 2.75) is 0 Å². The predicted octanol–water partition coefficient (Wildman–Crippen LogP) is 2.33. The van der Waals surface area contributed by atoms with Gasteiger partial charge in [-0.2, -0.15) is 0 Å². The highest BCUT2D eigenvalue weighted by molar-refractivity contribution is 5.78. The van der Waals surface area contributed by atoms with E-state index in [9.17, 15) is 4.79 Å². The van der Waals surface area contributed by atoms with Crippen molar-refractivity contribution in [3.8, 4) is 11.1 Å². The van der Waals surface area contributed by atoms with Crippen molar-refractivity contribution < 1.29 is 4.79 Å². The van der Waals surface area contributed by atoms with Gasteiger partial charge in [-0.25, -0.2) is 0 Å². The summed E-state index contributed by atoms with van der Waals surface area (Å²) in [6, 6.07) is 12.8. The zero-order chi connectivity index (χ0) is 11.5. The van der Waals surface area contributed by atoms with Crippen LogP contribution in [0.15, 0.2) is 42.5 Å². The first kappa shape index (κ1) is 10.2. The van der Waals surface area contributed by atoms with Crippen LogP contribution in [-0.2, 0) is 0 Å². The highest BCUT2D eigenvalue weighted by Gasteiger charge is 2.00. The Morgan fingerprint density at radius 1 is 0.812 bits per heavy atom. The first-order chi connectivity index (χ1) is 7.70. The van der Waals surface area contributed by atoms with Gasteiger partial charge in [-0.1, -0.05) is 30.3 Å². The van der Waals surface area contributed by atoms with E-state index in [1.807, 2.05) is 24.3 Å². The van der Waals surface area contributed by atoms with Crippen LogP contribution < -0.4 is 11.5 Å². The molecule has 0 atom stereocenters. The van der Waals surface area contributed by atoms with Gasteiger partial charge in [0.25, 0.3) is 0 Å². The number of carbonyl (C=O) groups excluding carboxylic acids is 1. The molecule has 0 spiro atoms. The molecule has 3 heteroatoms. The maximum absolute atomic E-state index is 10.5. The Morgan fingerprint density at radius 2 is 1.44 bits per heavy atom. The van der Waals surface area contributed by atoms with E-state index >= 15 is 0 Å². The van der Waals surface area contributed by atoms with Gasteiger partial charge in [-0.15, -0.1) is 0 Å². The highest BCUT2D eigenvalue weighted by atomic mass is 16.1. The number of nitrogens with two attached hydrogens (primary N) is 2. The standard InChI is InChI=1S/C13H12N2O/c14-12-6-5-11(7-13(12)15)10-3-1-9(8-16)2-4-10/h1-8H,14-15H2. The fourth-order valence-electron chi connectivity index (χ4n) is 1.51. The van der Waals surface area contributed by atoms with Crippen molar-refractivity contribution in [1.29, 1.82) is 0 Å². The van der Waals surface area contributed by atoms with Crippen LogP contribution in [0.5, 0.6) is 0 Å². The highest BCUT2D eigenvalue weighted by Crippen LogP contribution is 2.25. The minimum absolute atomic E-state index is 0.567. The fourth-order valence-corrected chi connectivity index (χ4v) is 1.51. The third kappa shape index (κ3) is 1.88. The van der Waals surface area contributed by atoms with Crippen LogP contribution in [0.25, 0.3) is 11.1 Å². The summed E-state index contributed by atoms with van der Waals surface area (Å²) in [5.41, 5.74) is 15.2. The summed E-state index contributed by atoms with van der Waals surface area (Å²) in [6.07, 6.45) is 0.821. The van der Waals surface area contributed by atoms with E-state index in [1.54, 1.807) is 18.2 Å². The Kier molecular flexibility index (Phi) is 2.60. The third-order valence-electron chi connectivity index (χ3n) is 2.47. The lowest BCUT2D eigenvalue weighted by molar-refractivity contribution is 0.112. The van der Waals surface area contributed by atoms with Gasteiger partial charge in [-0.3, -0.25) is 4.79 Å². The molecule has 0 saturated heterocycles. The van der Waals surface area contributed by atoms with Crippen molar-refractivity contribution in [1.82, 2.24) is 0 Å². The van der Waals surface area contributed by atoms with Crippen molar-refractivity contribution in [3.05, 3.63) is 48.0 Å². The van der Waals surface area contributed by atoms with E-state index in [2.05, 4.69) is 0 Å². The summed E-state index contributed by atoms with van der Waals surface area (Å²) < 4.78 is 0. The average Bonchev–Trinajstić information content (AvgIpc) is 2.33. The summed E-state index contributed by atoms with van der Waals surface area (Å²) >= 11 is 0. The molecule has 0 bridgehead atoms. The van der Waals surface area contributed by atoms with Gasteiger partial charge in [0.15, 0.2) is 0 Å². The molecule has 2 aromatic carbocycles. The number of aldehydes is 1. The number of nitrogen functional groups attached to an aromatic ring is 2. The Balaban J connectivity index is 2.42. The zero-order valence-corrected chi connectivity index (χ0v) is 8.68. The van der Waals surface area contributed by atoms with Crippen LogP contribution in [0, 0.1) is 0 Å². The molecule has 4 N–H and O–H groups in total. The molecule has 0 saturated carbocycles. The second kappa shape index (κ2) is 4.06. The Labute approximate surface area is 93.7 Å². The summed E-state index contributed by atoms with van der Waals surface area (Å²) in [7, 11) is 0. The van der Waals surface area contributed by atoms with Crippen LogP contribution in [0.3, 0.4) is 0 Å². The summed E-state index contributed by atoms with van der Waals surface area (Å²) in [4.78, 5) is 10.5. The second-order valence-corrected chi connectivity index (χ2v) is 3.58. The first-order valence-electron chi connectivity index (χ1n) is 4.91. The average molecular weight is 212 g/mol. The largest absolute Gasteiger partial charge is 0.397 e. The van der Waals surface area contributed by atoms with Crippen LogP contribution in [-0.4, -0.2) is 6.29 Å². The minimum Gasteiger partial charge on any atom is -0.397 e. The van der Waals surface area contributed by atoms with E-state index < -0.39 is 0 Å². The van der Waals surface area contributed by atoms with Gasteiger partial charge >= 0.3 is 0 Å². The van der Waals surface area contributed by atoms with Crippen LogP contribution >= 0.6 is 0 Å². The molecule has 80 valence electrons. The lowest BCUT2D eigenvalue weighted by atomic mass is 10.0. The van der Waals surface area contributed by atoms with E-state index in [0.717, 1.165) is 17.4 Å². The maximum Gasteiger partial charge on any atom is 0.150 e. The zero-order valence-electron chi connectivity index (χ0n) is 8.68. The molecule has 0 unspecified atom stereocenters. The molecule has 0 fully saturated rings. The van der Waals surface area contributed by atoms with Crippen molar-refractivity contribution in [3.63, 3.8) is 0 Å². The molecule has 3 nitrogen and oxygen atoms in total. The molecule has 2 rings (SSSR count). The van der Waals surface area contributed by atoms with Crippen LogP contribution in [0.4, 0.5) is 11.4 Å². The molecule has 0 radical (unpaired) electrons. The summed E-state index contributed by atoms with van der Waals surface area (Å²) in [6.45, 7) is 0. The Hall–Kier alpha value is -2.29. The molecule has 0 aliphatic heterocycles. The summed E-state index contributed by atoms with van der Waals surface area (Å²) in [5.74, 6) is 0. The van der Waals surface area contributed by atoms with Crippen LogP contribution in [0.2, 0.25) is 0 Å². The number of benzene rings is 2. The number of anilines is 2. The quantitative estimate of drug-likeness (QED) is 0.593. The lowest BCUT2D eigenvalue weighted by Gasteiger charge is -2.05. The molecule has 2 aromatic rings. The molecule has 0 aromatic heterocycles. The normalized spacial score (nSPS) is 10.0. The van der Waals surface area contributed by atoms with E-state index in [4.69, 9.17) is 11.5 Å². The monoisotopic (exact) mass is 212 g/mol. The van der Waals surface area contributed by atoms with Crippen LogP contribution in [0.1, 0.15) is 10.4 Å². The number of rotatable bonds is 2. The minimum atomic E-state index is 0.567. The smallest absolute Gasteiger partial charge is 0.150 e. The van der Waals surface area contributed by atoms with Gasteiger partial charge in [0.1, 0.15) is 6.29 Å². The van der Waals surface area contributed by atoms with Gasteiger partial charge in [-0.05, 0) is 23.3 Å². The maximum atomic E-state index is 10.5. The van der Waals surface area contributed by atoms with Gasteiger partial charge in [0.2, 0.25) is 0 Å². The number of hydrogen-bond donors (Lipinski definition) is 2. The topological polar surface area (TPSA) is 69.1 Å². The van der Waals surface area contributed by atoms with Crippen molar-refractivity contribution in [2.75, 3.05) is 11.5 Å². The first-order valence-corrected chi connectivity index (χ1v) is 4.91. The van der Waals surface area contributed by atoms with Gasteiger partial charge < -0.3 is 11.5 Å². The Bertz CT molecular complexity index is 518. The Morgan fingerprint density at radius 3 is 2.00 bits per heavy atom. The molecule has 0 aliphatic carbocycles. The molecule has 0 amide bonds. The number of carbonyl (C=O) groups is 1. The van der Waals surface area contributed by atoms with Gasteiger partial charge in [0.05, 0.1) is 11.4 Å². The SMILES string of the molecule is Nc1ccc(-c2ccc(C=O)cc2)cc1N. The van der Waals surface area contributed by atoms with Gasteiger partial charge in [0, 0.05) is 5.56 Å². The fraction of sp³-hybridized carbons (Fsp3) is 0. The predicted molar refractivity (Wildman–Crippen MR) is 66.1 cm³/mol. The third-order valence-corrected chi connectivity index (χ3v) is 2.47. The van der Waals surface area contributed by atoms with Crippen molar-refractivity contribution >= 4 is 17.7 Å². The molecule has 0 heterocycles. The molecular formula is C13H12N2O. The lowest BCUT2D eigenvalue weighted by Crippen LogP contribution is -1.94. The molecule has 16 heavy (non-hydrogen) atoms. The van der Waals surface area contributed by atoms with Crippen molar-refractivity contribution in [2.24, 2.45) is 0 Å². The number of hydrogen-bond acceptors (Lipinski definition) is 3. The van der Waals surface area contributed by atoms with E-state index in [-0.39, 0.29) is 0 Å². The van der Waals surface area contributed by atoms with E-state index in [0.29, 0.717) is 16.9 Å². The molecular weight excluding hydrogens is 200 g/mol. The second-order valence-electron chi connectivity index (χ2n) is 3.58. The molecule has 0 aliphatic rings. The summed E-state index contributed by atoms with van der Waals surface area (Å²) in [5, 5.41) is 0. The van der Waals surface area contributed by atoms with E-state index in [1.165, 1.54) is 0 Å².